The lowest BCUT2D eigenvalue weighted by molar-refractivity contribution is 1.24. The minimum absolute atomic E-state index is 0.863. The second-order valence-electron chi connectivity index (χ2n) is 2.38. The van der Waals surface area contributed by atoms with E-state index in [-0.39, 0.29) is 0 Å². The zero-order chi connectivity index (χ0) is 7.56. The molecule has 0 spiro atoms. The van der Waals surface area contributed by atoms with Gasteiger partial charge in [0.05, 0.1) is 0 Å². The maximum Gasteiger partial charge on any atom is 0.0344 e. The van der Waals surface area contributed by atoms with Gasteiger partial charge in [0.2, 0.25) is 0 Å². The van der Waals surface area contributed by atoms with E-state index in [0.717, 1.165) is 8.58 Å². The summed E-state index contributed by atoms with van der Waals surface area (Å²) in [4.78, 5) is 4.12. The van der Waals surface area contributed by atoms with Crippen molar-refractivity contribution in [2.24, 2.45) is 0 Å². The molecule has 0 amide bonds. The van der Waals surface area contributed by atoms with Crippen LogP contribution in [0.15, 0.2) is 12.4 Å². The van der Waals surface area contributed by atoms with E-state index in [4.69, 9.17) is 0 Å². The topological polar surface area (TPSA) is 12.9 Å². The van der Waals surface area contributed by atoms with Crippen LogP contribution in [-0.4, -0.2) is 11.6 Å². The Morgan fingerprint density at radius 3 is 2.50 bits per heavy atom. The first-order valence-corrected chi connectivity index (χ1v) is 4.84. The highest BCUT2D eigenvalue weighted by atomic mass is 31.1. The lowest BCUT2D eigenvalue weighted by Gasteiger charge is -2.03. The average molecular weight is 153 g/mol. The van der Waals surface area contributed by atoms with Crippen LogP contribution < -0.4 is 5.30 Å². The molecule has 1 heterocycles. The molecule has 0 saturated heterocycles. The van der Waals surface area contributed by atoms with Crippen molar-refractivity contribution in [2.45, 2.75) is 13.8 Å². The number of aryl methyl sites for hydroxylation is 1. The summed E-state index contributed by atoms with van der Waals surface area (Å²) in [6.07, 6.45) is 3.87. The third-order valence-electron chi connectivity index (χ3n) is 1.74. The molecule has 0 radical (unpaired) electrons. The first-order chi connectivity index (χ1) is 4.75. The predicted octanol–water partition coefficient (Wildman–Crippen LogP) is 1.63. The van der Waals surface area contributed by atoms with Gasteiger partial charge in [0.1, 0.15) is 0 Å². The molecule has 0 N–H and O–H groups in total. The van der Waals surface area contributed by atoms with E-state index < -0.39 is 0 Å². The summed E-state index contributed by atoms with van der Waals surface area (Å²) in [7, 11) is 0.863. The van der Waals surface area contributed by atoms with E-state index in [1.807, 2.05) is 12.4 Å². The molecular formula is C8H12NP. The summed E-state index contributed by atoms with van der Waals surface area (Å²) in [6, 6.07) is 0. The lowest BCUT2D eigenvalue weighted by atomic mass is 10.2. The summed E-state index contributed by atoms with van der Waals surface area (Å²) in [5.41, 5.74) is 2.70. The molecule has 1 nitrogen and oxygen atoms in total. The molecule has 1 rings (SSSR count). The number of rotatable bonds is 1. The fourth-order valence-corrected chi connectivity index (χ4v) is 1.66. The van der Waals surface area contributed by atoms with E-state index in [9.17, 15) is 0 Å². The molecule has 1 aromatic rings. The molecule has 1 unspecified atom stereocenters. The van der Waals surface area contributed by atoms with Gasteiger partial charge in [0.15, 0.2) is 0 Å². The molecule has 1 atom stereocenters. The standard InChI is InChI=1S/C8H12NP/c1-6-4-9-5-8(10-3)7(6)2/h4-5,10H,1-3H3. The van der Waals surface area contributed by atoms with Gasteiger partial charge in [0.25, 0.3) is 0 Å². The SMILES string of the molecule is CPc1cncc(C)c1C. The van der Waals surface area contributed by atoms with Crippen LogP contribution >= 0.6 is 8.58 Å². The van der Waals surface area contributed by atoms with Gasteiger partial charge in [-0.05, 0) is 36.9 Å². The molecule has 1 aromatic heterocycles. The molecular weight excluding hydrogens is 141 g/mol. The Hall–Kier alpha value is -0.420. The molecule has 0 aliphatic heterocycles. The van der Waals surface area contributed by atoms with E-state index in [2.05, 4.69) is 25.5 Å². The molecule has 0 aromatic carbocycles. The number of hydrogen-bond acceptors (Lipinski definition) is 1. The summed E-state index contributed by atoms with van der Waals surface area (Å²) in [5.74, 6) is 0. The minimum Gasteiger partial charge on any atom is -0.264 e. The quantitative estimate of drug-likeness (QED) is 0.559. The fourth-order valence-electron chi connectivity index (χ4n) is 0.882. The van der Waals surface area contributed by atoms with Crippen LogP contribution in [-0.2, 0) is 0 Å². The Kier molecular flexibility index (Phi) is 2.39. The van der Waals surface area contributed by atoms with Gasteiger partial charge in [-0.3, -0.25) is 4.98 Å². The van der Waals surface area contributed by atoms with Crippen molar-refractivity contribution in [3.05, 3.63) is 23.5 Å². The highest BCUT2D eigenvalue weighted by molar-refractivity contribution is 7.46. The van der Waals surface area contributed by atoms with Crippen LogP contribution in [0.3, 0.4) is 0 Å². The minimum atomic E-state index is 0.863. The Morgan fingerprint density at radius 2 is 2.00 bits per heavy atom. The summed E-state index contributed by atoms with van der Waals surface area (Å²) in [6.45, 7) is 6.44. The molecule has 10 heavy (non-hydrogen) atoms. The molecule has 0 bridgehead atoms. The maximum absolute atomic E-state index is 4.12. The maximum atomic E-state index is 4.12. The van der Waals surface area contributed by atoms with E-state index in [1.54, 1.807) is 0 Å². The van der Waals surface area contributed by atoms with Crippen molar-refractivity contribution in [2.75, 3.05) is 6.66 Å². The van der Waals surface area contributed by atoms with Crippen molar-refractivity contribution >= 4 is 13.9 Å². The van der Waals surface area contributed by atoms with Crippen molar-refractivity contribution in [3.63, 3.8) is 0 Å². The van der Waals surface area contributed by atoms with Crippen LogP contribution in [0.1, 0.15) is 11.1 Å². The first-order valence-electron chi connectivity index (χ1n) is 3.34. The second kappa shape index (κ2) is 3.12. The Labute approximate surface area is 63.7 Å². The number of pyridine rings is 1. The van der Waals surface area contributed by atoms with Crippen LogP contribution in [0.25, 0.3) is 0 Å². The van der Waals surface area contributed by atoms with Crippen molar-refractivity contribution < 1.29 is 0 Å². The molecule has 0 fully saturated rings. The lowest BCUT2D eigenvalue weighted by Crippen LogP contribution is -2.02. The van der Waals surface area contributed by atoms with Crippen molar-refractivity contribution in [1.82, 2.24) is 4.98 Å². The number of hydrogen-bond donors (Lipinski definition) is 0. The predicted molar refractivity (Wildman–Crippen MR) is 47.6 cm³/mol. The number of nitrogens with zero attached hydrogens (tertiary/aromatic N) is 1. The molecule has 0 aliphatic carbocycles. The second-order valence-corrected chi connectivity index (χ2v) is 3.42. The van der Waals surface area contributed by atoms with Crippen LogP contribution in [0.2, 0.25) is 0 Å². The Balaban J connectivity index is 3.14. The zero-order valence-corrected chi connectivity index (χ0v) is 7.60. The van der Waals surface area contributed by atoms with E-state index >= 15 is 0 Å². The smallest absolute Gasteiger partial charge is 0.0344 e. The molecule has 54 valence electrons. The molecule has 0 aliphatic rings. The number of aromatic nitrogens is 1. The summed E-state index contributed by atoms with van der Waals surface area (Å²) >= 11 is 0. The highest BCUT2D eigenvalue weighted by Gasteiger charge is 1.96. The van der Waals surface area contributed by atoms with Gasteiger partial charge in [-0.2, -0.15) is 0 Å². The monoisotopic (exact) mass is 153 g/mol. The van der Waals surface area contributed by atoms with Crippen LogP contribution in [0.5, 0.6) is 0 Å². The molecule has 2 heteroatoms. The van der Waals surface area contributed by atoms with Crippen molar-refractivity contribution in [1.29, 1.82) is 0 Å². The van der Waals surface area contributed by atoms with Gasteiger partial charge < -0.3 is 0 Å². The van der Waals surface area contributed by atoms with E-state index in [1.165, 1.54) is 16.4 Å². The zero-order valence-electron chi connectivity index (χ0n) is 6.60. The normalized spacial score (nSPS) is 11.1. The van der Waals surface area contributed by atoms with Crippen LogP contribution in [0, 0.1) is 13.8 Å². The van der Waals surface area contributed by atoms with Crippen LogP contribution in [0.4, 0.5) is 0 Å². The van der Waals surface area contributed by atoms with Gasteiger partial charge in [-0.1, -0.05) is 8.58 Å². The summed E-state index contributed by atoms with van der Waals surface area (Å²) in [5, 5.41) is 1.39. The third-order valence-corrected chi connectivity index (χ3v) is 2.78. The fraction of sp³-hybridized carbons (Fsp3) is 0.375. The van der Waals surface area contributed by atoms with Gasteiger partial charge in [0, 0.05) is 12.4 Å². The molecule has 0 saturated carbocycles. The van der Waals surface area contributed by atoms with Gasteiger partial charge in [-0.25, -0.2) is 0 Å². The summed E-state index contributed by atoms with van der Waals surface area (Å²) < 4.78 is 0. The highest BCUT2D eigenvalue weighted by Crippen LogP contribution is 2.09. The van der Waals surface area contributed by atoms with Gasteiger partial charge in [-0.15, -0.1) is 0 Å². The third kappa shape index (κ3) is 1.35. The largest absolute Gasteiger partial charge is 0.264 e. The average Bonchev–Trinajstić information content (AvgIpc) is 1.95. The Bertz CT molecular complexity index is 233. The van der Waals surface area contributed by atoms with Crippen molar-refractivity contribution in [3.8, 4) is 0 Å². The first kappa shape index (κ1) is 7.68. The van der Waals surface area contributed by atoms with E-state index in [0.29, 0.717) is 0 Å². The Morgan fingerprint density at radius 1 is 1.30 bits per heavy atom. The van der Waals surface area contributed by atoms with Gasteiger partial charge >= 0.3 is 0 Å².